The predicted molar refractivity (Wildman–Crippen MR) is 37.3 cm³/mol. The zero-order valence-corrected chi connectivity index (χ0v) is 6.01. The average Bonchev–Trinajstić information content (AvgIpc) is 1.96. The van der Waals surface area contributed by atoms with Gasteiger partial charge < -0.3 is 0 Å². The normalized spacial score (nSPS) is 38.5. The Labute approximate surface area is 63.8 Å². The Morgan fingerprint density at radius 1 is 1.60 bits per heavy atom. The van der Waals surface area contributed by atoms with Gasteiger partial charge in [0.1, 0.15) is 0 Å². The highest BCUT2D eigenvalue weighted by atomic mass is 35.5. The fraction of sp³-hybridized carbons (Fsp3) is 0.429. The second kappa shape index (κ2) is 2.72. The summed E-state index contributed by atoms with van der Waals surface area (Å²) in [6.07, 6.45) is 4.15. The number of hydrogen-bond donors (Lipinski definition) is 0. The summed E-state index contributed by atoms with van der Waals surface area (Å²) in [5, 5.41) is 10.8. The Kier molecular flexibility index (Phi) is 2.11. The first kappa shape index (κ1) is 7.76. The molecule has 0 saturated carbocycles. The SMILES string of the molecule is [O]C1C=CC=CC1(F)CCl. The first-order valence-electron chi connectivity index (χ1n) is 2.96. The third-order valence-electron chi connectivity index (χ3n) is 1.45. The summed E-state index contributed by atoms with van der Waals surface area (Å²) in [4.78, 5) is 0. The van der Waals surface area contributed by atoms with Crippen molar-refractivity contribution >= 4 is 11.6 Å². The summed E-state index contributed by atoms with van der Waals surface area (Å²) in [7, 11) is 0. The number of hydrogen-bond acceptors (Lipinski definition) is 0. The molecule has 0 aliphatic heterocycles. The number of allylic oxidation sites excluding steroid dienone is 2. The second-order valence-corrected chi connectivity index (χ2v) is 2.49. The van der Waals surface area contributed by atoms with E-state index in [0.717, 1.165) is 0 Å². The topological polar surface area (TPSA) is 19.9 Å². The maximum Gasteiger partial charge on any atom is 0.175 e. The molecule has 0 aromatic carbocycles. The quantitative estimate of drug-likeness (QED) is 0.524. The lowest BCUT2D eigenvalue weighted by Gasteiger charge is -2.22. The van der Waals surface area contributed by atoms with Gasteiger partial charge in [0.25, 0.3) is 0 Å². The highest BCUT2D eigenvalue weighted by Gasteiger charge is 2.35. The van der Waals surface area contributed by atoms with Crippen LogP contribution in [0.3, 0.4) is 0 Å². The van der Waals surface area contributed by atoms with Crippen molar-refractivity contribution in [1.82, 2.24) is 0 Å². The molecule has 0 saturated heterocycles. The van der Waals surface area contributed by atoms with E-state index in [1.165, 1.54) is 24.3 Å². The molecular formula is C7H7ClFO. The van der Waals surface area contributed by atoms with Crippen LogP contribution in [-0.4, -0.2) is 17.7 Å². The van der Waals surface area contributed by atoms with E-state index in [9.17, 15) is 9.50 Å². The molecule has 1 aliphatic rings. The van der Waals surface area contributed by atoms with Crippen molar-refractivity contribution in [2.45, 2.75) is 11.8 Å². The highest BCUT2D eigenvalue weighted by Crippen LogP contribution is 2.24. The molecule has 2 atom stereocenters. The van der Waals surface area contributed by atoms with Gasteiger partial charge in [-0.15, -0.1) is 11.6 Å². The van der Waals surface area contributed by atoms with Gasteiger partial charge in [-0.2, -0.15) is 0 Å². The van der Waals surface area contributed by atoms with Crippen LogP contribution < -0.4 is 0 Å². The zero-order chi connectivity index (χ0) is 7.61. The zero-order valence-electron chi connectivity index (χ0n) is 5.26. The molecule has 0 aromatic rings. The molecule has 0 spiro atoms. The van der Waals surface area contributed by atoms with Crippen molar-refractivity contribution in [1.29, 1.82) is 0 Å². The lowest BCUT2D eigenvalue weighted by molar-refractivity contribution is 0.0199. The Balaban J connectivity index is 2.77. The summed E-state index contributed by atoms with van der Waals surface area (Å²) in [5.74, 6) is -0.276. The molecule has 0 N–H and O–H groups in total. The Morgan fingerprint density at radius 2 is 2.30 bits per heavy atom. The highest BCUT2D eigenvalue weighted by molar-refractivity contribution is 6.18. The fourth-order valence-corrected chi connectivity index (χ4v) is 0.997. The van der Waals surface area contributed by atoms with Crippen molar-refractivity contribution in [3.8, 4) is 0 Å². The first-order chi connectivity index (χ1) is 4.69. The van der Waals surface area contributed by atoms with E-state index in [0.29, 0.717) is 0 Å². The Hall–Kier alpha value is -0.340. The van der Waals surface area contributed by atoms with Gasteiger partial charge in [-0.05, 0) is 12.2 Å². The Morgan fingerprint density at radius 3 is 2.70 bits per heavy atom. The molecule has 0 amide bonds. The second-order valence-electron chi connectivity index (χ2n) is 2.23. The van der Waals surface area contributed by atoms with Gasteiger partial charge in [-0.3, -0.25) is 0 Å². The van der Waals surface area contributed by atoms with Crippen LogP contribution in [0.1, 0.15) is 0 Å². The molecule has 0 bridgehead atoms. The molecule has 0 aromatic heterocycles. The predicted octanol–water partition coefficient (Wildman–Crippen LogP) is 1.86. The van der Waals surface area contributed by atoms with Crippen molar-refractivity contribution in [3.63, 3.8) is 0 Å². The number of rotatable bonds is 1. The standard InChI is InChI=1S/C7H7ClFO/c8-5-7(9)4-2-1-3-6(7)10/h1-4,6H,5H2. The smallest absolute Gasteiger partial charge is 0.175 e. The molecule has 55 valence electrons. The molecule has 0 heterocycles. The Bertz CT molecular complexity index is 178. The van der Waals surface area contributed by atoms with Crippen LogP contribution >= 0.6 is 11.6 Å². The molecule has 1 radical (unpaired) electrons. The lowest BCUT2D eigenvalue weighted by atomic mass is 9.96. The third kappa shape index (κ3) is 1.22. The largest absolute Gasteiger partial charge is 0.235 e. The monoisotopic (exact) mass is 161 g/mol. The van der Waals surface area contributed by atoms with Gasteiger partial charge in [0.2, 0.25) is 0 Å². The van der Waals surface area contributed by atoms with Gasteiger partial charge in [-0.25, -0.2) is 9.50 Å². The maximum absolute atomic E-state index is 13.1. The summed E-state index contributed by atoms with van der Waals surface area (Å²) in [6, 6.07) is 0. The van der Waals surface area contributed by atoms with Crippen LogP contribution in [0.15, 0.2) is 24.3 Å². The van der Waals surface area contributed by atoms with Gasteiger partial charge in [0.15, 0.2) is 11.8 Å². The van der Waals surface area contributed by atoms with Gasteiger partial charge in [0.05, 0.1) is 5.88 Å². The maximum atomic E-state index is 13.1. The van der Waals surface area contributed by atoms with Crippen LogP contribution in [0, 0.1) is 0 Å². The van der Waals surface area contributed by atoms with E-state index in [2.05, 4.69) is 0 Å². The number of halogens is 2. The van der Waals surface area contributed by atoms with Crippen LogP contribution in [0.5, 0.6) is 0 Å². The summed E-state index contributed by atoms with van der Waals surface area (Å²) < 4.78 is 13.1. The van der Waals surface area contributed by atoms with Crippen LogP contribution in [0.4, 0.5) is 4.39 Å². The first-order valence-corrected chi connectivity index (χ1v) is 3.49. The minimum absolute atomic E-state index is 0.276. The molecule has 1 nitrogen and oxygen atoms in total. The molecular weight excluding hydrogens is 155 g/mol. The average molecular weight is 162 g/mol. The van der Waals surface area contributed by atoms with Gasteiger partial charge >= 0.3 is 0 Å². The third-order valence-corrected chi connectivity index (χ3v) is 1.86. The minimum Gasteiger partial charge on any atom is -0.235 e. The molecule has 2 unspecified atom stereocenters. The van der Waals surface area contributed by atoms with Crippen LogP contribution in [0.2, 0.25) is 0 Å². The molecule has 0 fully saturated rings. The lowest BCUT2D eigenvalue weighted by Crippen LogP contribution is -2.36. The summed E-state index contributed by atoms with van der Waals surface area (Å²) in [5.41, 5.74) is -1.88. The van der Waals surface area contributed by atoms with Crippen molar-refractivity contribution < 1.29 is 9.50 Å². The van der Waals surface area contributed by atoms with Crippen LogP contribution in [0.25, 0.3) is 0 Å². The van der Waals surface area contributed by atoms with E-state index in [1.807, 2.05) is 0 Å². The molecule has 10 heavy (non-hydrogen) atoms. The van der Waals surface area contributed by atoms with Gasteiger partial charge in [0, 0.05) is 0 Å². The number of alkyl halides is 2. The summed E-state index contributed by atoms with van der Waals surface area (Å²) in [6.45, 7) is 0. The van der Waals surface area contributed by atoms with E-state index in [4.69, 9.17) is 11.6 Å². The minimum atomic E-state index is -1.88. The summed E-state index contributed by atoms with van der Waals surface area (Å²) >= 11 is 5.26. The van der Waals surface area contributed by atoms with E-state index >= 15 is 0 Å². The van der Waals surface area contributed by atoms with Crippen LogP contribution in [-0.2, 0) is 5.11 Å². The molecule has 1 aliphatic carbocycles. The van der Waals surface area contributed by atoms with Crippen molar-refractivity contribution in [3.05, 3.63) is 24.3 Å². The fourth-order valence-electron chi connectivity index (χ4n) is 0.756. The van der Waals surface area contributed by atoms with Crippen molar-refractivity contribution in [2.24, 2.45) is 0 Å². The van der Waals surface area contributed by atoms with Crippen molar-refractivity contribution in [2.75, 3.05) is 5.88 Å². The molecule has 1 rings (SSSR count). The van der Waals surface area contributed by atoms with E-state index in [-0.39, 0.29) is 5.88 Å². The van der Waals surface area contributed by atoms with E-state index < -0.39 is 11.8 Å². The molecule has 3 heteroatoms. The van der Waals surface area contributed by atoms with Gasteiger partial charge in [-0.1, -0.05) is 12.2 Å². The van der Waals surface area contributed by atoms with E-state index in [1.54, 1.807) is 0 Å².